The molecule has 0 radical (unpaired) electrons. The molecule has 1 saturated carbocycles. The fourth-order valence-corrected chi connectivity index (χ4v) is 2.87. The van der Waals surface area contributed by atoms with Crippen molar-refractivity contribution in [1.29, 1.82) is 0 Å². The van der Waals surface area contributed by atoms with E-state index in [2.05, 4.69) is 48.5 Å². The zero-order valence-corrected chi connectivity index (χ0v) is 11.8. The lowest BCUT2D eigenvalue weighted by atomic mass is 10.1. The summed E-state index contributed by atoms with van der Waals surface area (Å²) in [6, 6.07) is 9.80. The Balaban J connectivity index is 1.91. The average Bonchev–Trinajstić information content (AvgIpc) is 2.91. The number of benzene rings is 1. The molecule has 2 rings (SSSR count). The molecule has 1 aromatic rings. The molecule has 100 valence electrons. The van der Waals surface area contributed by atoms with Crippen LogP contribution in [0.25, 0.3) is 0 Å². The van der Waals surface area contributed by atoms with E-state index < -0.39 is 0 Å². The highest BCUT2D eigenvalue weighted by Gasteiger charge is 2.19. The van der Waals surface area contributed by atoms with Gasteiger partial charge in [-0.15, -0.1) is 0 Å². The first-order valence-corrected chi connectivity index (χ1v) is 7.28. The van der Waals surface area contributed by atoms with Crippen molar-refractivity contribution in [1.82, 2.24) is 10.2 Å². The molecule has 0 aromatic heterocycles. The number of hydrogen-bond donors (Lipinski definition) is 1. The lowest BCUT2D eigenvalue weighted by Crippen LogP contribution is -2.28. The Hall–Kier alpha value is -0.860. The van der Waals surface area contributed by atoms with Gasteiger partial charge in [0, 0.05) is 19.1 Å². The van der Waals surface area contributed by atoms with Crippen molar-refractivity contribution in [2.75, 3.05) is 13.6 Å². The lowest BCUT2D eigenvalue weighted by molar-refractivity contribution is 0.237. The first-order chi connectivity index (χ1) is 8.79. The van der Waals surface area contributed by atoms with Gasteiger partial charge in [-0.3, -0.25) is 4.90 Å². The Labute approximate surface area is 111 Å². The summed E-state index contributed by atoms with van der Waals surface area (Å²) in [5, 5.41) is 3.39. The third-order valence-electron chi connectivity index (χ3n) is 3.95. The SMILES string of the molecule is CCNCc1cccc(CN(C)C2CCCC2)c1. The Morgan fingerprint density at radius 1 is 1.22 bits per heavy atom. The molecule has 0 amide bonds. The minimum atomic E-state index is 0.808. The second-order valence-corrected chi connectivity index (χ2v) is 5.45. The van der Waals surface area contributed by atoms with E-state index >= 15 is 0 Å². The van der Waals surface area contributed by atoms with Gasteiger partial charge in [-0.05, 0) is 37.6 Å². The van der Waals surface area contributed by atoms with Gasteiger partial charge in [-0.25, -0.2) is 0 Å². The molecule has 0 saturated heterocycles. The maximum absolute atomic E-state index is 3.39. The normalized spacial score (nSPS) is 16.6. The minimum Gasteiger partial charge on any atom is -0.313 e. The summed E-state index contributed by atoms with van der Waals surface area (Å²) in [6.07, 6.45) is 5.59. The molecule has 1 N–H and O–H groups in total. The Bertz CT molecular complexity index is 356. The number of nitrogens with zero attached hydrogens (tertiary/aromatic N) is 1. The summed E-state index contributed by atoms with van der Waals surface area (Å²) in [7, 11) is 2.27. The first kappa shape index (κ1) is 13.6. The fourth-order valence-electron chi connectivity index (χ4n) is 2.87. The smallest absolute Gasteiger partial charge is 0.0233 e. The molecule has 1 aromatic carbocycles. The van der Waals surface area contributed by atoms with Gasteiger partial charge in [0.15, 0.2) is 0 Å². The molecule has 0 heterocycles. The van der Waals surface area contributed by atoms with Crippen LogP contribution in [0.3, 0.4) is 0 Å². The molecule has 1 fully saturated rings. The summed E-state index contributed by atoms with van der Waals surface area (Å²) >= 11 is 0. The van der Waals surface area contributed by atoms with Crippen LogP contribution in [0.15, 0.2) is 24.3 Å². The van der Waals surface area contributed by atoms with Crippen LogP contribution < -0.4 is 5.32 Å². The molecule has 0 bridgehead atoms. The second kappa shape index (κ2) is 6.91. The van der Waals surface area contributed by atoms with Crippen molar-refractivity contribution in [2.45, 2.75) is 51.7 Å². The van der Waals surface area contributed by atoms with E-state index in [0.717, 1.165) is 25.7 Å². The van der Waals surface area contributed by atoms with Crippen molar-refractivity contribution in [3.63, 3.8) is 0 Å². The van der Waals surface area contributed by atoms with E-state index in [1.807, 2.05) is 0 Å². The maximum atomic E-state index is 3.39. The minimum absolute atomic E-state index is 0.808. The maximum Gasteiger partial charge on any atom is 0.0233 e. The van der Waals surface area contributed by atoms with E-state index in [-0.39, 0.29) is 0 Å². The summed E-state index contributed by atoms with van der Waals surface area (Å²) in [6.45, 7) is 5.26. The molecule has 0 spiro atoms. The largest absolute Gasteiger partial charge is 0.313 e. The predicted octanol–water partition coefficient (Wildman–Crippen LogP) is 3.17. The third-order valence-corrected chi connectivity index (χ3v) is 3.95. The average molecular weight is 246 g/mol. The van der Waals surface area contributed by atoms with Crippen LogP contribution in [0.1, 0.15) is 43.7 Å². The Morgan fingerprint density at radius 2 is 1.94 bits per heavy atom. The van der Waals surface area contributed by atoms with Gasteiger partial charge in [0.05, 0.1) is 0 Å². The molecular weight excluding hydrogens is 220 g/mol. The number of hydrogen-bond acceptors (Lipinski definition) is 2. The summed E-state index contributed by atoms with van der Waals surface area (Å²) in [4.78, 5) is 2.53. The van der Waals surface area contributed by atoms with Gasteiger partial charge in [-0.2, -0.15) is 0 Å². The van der Waals surface area contributed by atoms with E-state index in [9.17, 15) is 0 Å². The summed E-state index contributed by atoms with van der Waals surface area (Å²) in [5.41, 5.74) is 2.84. The zero-order valence-electron chi connectivity index (χ0n) is 11.8. The standard InChI is InChI=1S/C16H26N2/c1-3-17-12-14-7-6-8-15(11-14)13-18(2)16-9-4-5-10-16/h6-8,11,16-17H,3-5,9-10,12-13H2,1-2H3. The molecule has 1 aliphatic rings. The van der Waals surface area contributed by atoms with Gasteiger partial charge in [0.1, 0.15) is 0 Å². The van der Waals surface area contributed by atoms with Gasteiger partial charge in [-0.1, -0.05) is 44.0 Å². The highest BCUT2D eigenvalue weighted by Crippen LogP contribution is 2.23. The van der Waals surface area contributed by atoms with Gasteiger partial charge < -0.3 is 5.32 Å². The van der Waals surface area contributed by atoms with E-state index in [1.165, 1.54) is 36.8 Å². The lowest BCUT2D eigenvalue weighted by Gasteiger charge is -2.24. The molecule has 0 aliphatic heterocycles. The van der Waals surface area contributed by atoms with Gasteiger partial charge >= 0.3 is 0 Å². The van der Waals surface area contributed by atoms with Crippen LogP contribution in [-0.2, 0) is 13.1 Å². The Morgan fingerprint density at radius 3 is 2.67 bits per heavy atom. The molecule has 0 atom stereocenters. The van der Waals surface area contributed by atoms with E-state index in [0.29, 0.717) is 0 Å². The molecule has 18 heavy (non-hydrogen) atoms. The molecule has 2 nitrogen and oxygen atoms in total. The number of nitrogens with one attached hydrogen (secondary N) is 1. The van der Waals surface area contributed by atoms with E-state index in [4.69, 9.17) is 0 Å². The highest BCUT2D eigenvalue weighted by molar-refractivity contribution is 5.23. The number of rotatable bonds is 6. The van der Waals surface area contributed by atoms with Crippen LogP contribution in [0.5, 0.6) is 0 Å². The molecule has 0 unspecified atom stereocenters. The predicted molar refractivity (Wildman–Crippen MR) is 77.5 cm³/mol. The van der Waals surface area contributed by atoms with Crippen LogP contribution in [0.4, 0.5) is 0 Å². The fraction of sp³-hybridized carbons (Fsp3) is 0.625. The third kappa shape index (κ3) is 3.82. The van der Waals surface area contributed by atoms with Crippen LogP contribution in [-0.4, -0.2) is 24.5 Å². The quantitative estimate of drug-likeness (QED) is 0.829. The molecular formula is C16H26N2. The monoisotopic (exact) mass is 246 g/mol. The molecule has 1 aliphatic carbocycles. The van der Waals surface area contributed by atoms with Crippen LogP contribution in [0, 0.1) is 0 Å². The van der Waals surface area contributed by atoms with Crippen molar-refractivity contribution in [2.24, 2.45) is 0 Å². The Kier molecular flexibility index (Phi) is 5.21. The second-order valence-electron chi connectivity index (χ2n) is 5.45. The topological polar surface area (TPSA) is 15.3 Å². The van der Waals surface area contributed by atoms with Crippen molar-refractivity contribution < 1.29 is 0 Å². The van der Waals surface area contributed by atoms with Crippen molar-refractivity contribution in [3.8, 4) is 0 Å². The van der Waals surface area contributed by atoms with E-state index in [1.54, 1.807) is 0 Å². The van der Waals surface area contributed by atoms with Crippen molar-refractivity contribution in [3.05, 3.63) is 35.4 Å². The highest BCUT2D eigenvalue weighted by atomic mass is 15.1. The first-order valence-electron chi connectivity index (χ1n) is 7.28. The molecule has 2 heteroatoms. The van der Waals surface area contributed by atoms with Crippen LogP contribution >= 0.6 is 0 Å². The summed E-state index contributed by atoms with van der Waals surface area (Å²) < 4.78 is 0. The zero-order chi connectivity index (χ0) is 12.8. The van der Waals surface area contributed by atoms with Crippen LogP contribution in [0.2, 0.25) is 0 Å². The van der Waals surface area contributed by atoms with Crippen molar-refractivity contribution >= 4 is 0 Å². The summed E-state index contributed by atoms with van der Waals surface area (Å²) in [5.74, 6) is 0. The van der Waals surface area contributed by atoms with Gasteiger partial charge in [0.25, 0.3) is 0 Å². The van der Waals surface area contributed by atoms with Gasteiger partial charge in [0.2, 0.25) is 0 Å².